The lowest BCUT2D eigenvalue weighted by molar-refractivity contribution is 0.0599. The molecule has 0 saturated heterocycles. The van der Waals surface area contributed by atoms with Crippen LogP contribution in [0.2, 0.25) is 10.0 Å². The Morgan fingerprint density at radius 3 is 1.89 bits per heavy atom. The zero-order valence-electron chi connectivity index (χ0n) is 14.3. The quantitative estimate of drug-likeness (QED) is 0.702. The molecule has 0 unspecified atom stereocenters. The number of ether oxygens (including phenoxy) is 2. The van der Waals surface area contributed by atoms with E-state index in [0.29, 0.717) is 0 Å². The summed E-state index contributed by atoms with van der Waals surface area (Å²) in [6.45, 7) is 0. The predicted octanol–water partition coefficient (Wildman–Crippen LogP) is 3.51. The minimum atomic E-state index is -3.95. The standard InChI is InChI=1S/C17H15Cl2NO6S/c1-25-16(21)10-6-11(17(22)26-2)8-12(7-10)20-27(23,24)9-13-14(18)4-3-5-15(13)19/h3-8,20H,9H2,1-2H3. The fraction of sp³-hybridized carbons (Fsp3) is 0.176. The van der Waals surface area contributed by atoms with E-state index in [2.05, 4.69) is 14.2 Å². The first kappa shape index (κ1) is 21.0. The summed E-state index contributed by atoms with van der Waals surface area (Å²) in [5.41, 5.74) is 0.176. The number of nitrogens with one attached hydrogen (secondary N) is 1. The van der Waals surface area contributed by atoms with Crippen molar-refractivity contribution in [2.75, 3.05) is 18.9 Å². The number of benzene rings is 2. The minimum Gasteiger partial charge on any atom is -0.465 e. The molecule has 0 aliphatic rings. The van der Waals surface area contributed by atoms with E-state index >= 15 is 0 Å². The zero-order valence-corrected chi connectivity index (χ0v) is 16.6. The molecule has 10 heteroatoms. The number of methoxy groups -OCH3 is 2. The molecule has 1 N–H and O–H groups in total. The molecule has 0 fully saturated rings. The molecular weight excluding hydrogens is 417 g/mol. The molecule has 7 nitrogen and oxygen atoms in total. The highest BCUT2D eigenvalue weighted by Crippen LogP contribution is 2.27. The topological polar surface area (TPSA) is 98.8 Å². The largest absolute Gasteiger partial charge is 0.465 e. The van der Waals surface area contributed by atoms with E-state index in [1.807, 2.05) is 0 Å². The molecule has 2 aromatic carbocycles. The molecule has 144 valence electrons. The van der Waals surface area contributed by atoms with Crippen LogP contribution in [0.15, 0.2) is 36.4 Å². The van der Waals surface area contributed by atoms with E-state index in [4.69, 9.17) is 23.2 Å². The second-order valence-corrected chi connectivity index (χ2v) is 7.88. The Morgan fingerprint density at radius 2 is 1.44 bits per heavy atom. The molecule has 0 aromatic heterocycles. The number of halogens is 2. The van der Waals surface area contributed by atoms with Crippen LogP contribution in [-0.4, -0.2) is 34.6 Å². The van der Waals surface area contributed by atoms with Crippen molar-refractivity contribution in [3.05, 3.63) is 63.1 Å². The average Bonchev–Trinajstić information content (AvgIpc) is 2.62. The van der Waals surface area contributed by atoms with Crippen LogP contribution < -0.4 is 4.72 Å². The first-order chi connectivity index (χ1) is 12.7. The second-order valence-electron chi connectivity index (χ2n) is 5.34. The number of anilines is 1. The van der Waals surface area contributed by atoms with Crippen molar-refractivity contribution < 1.29 is 27.5 Å². The molecule has 2 rings (SSSR count). The normalized spacial score (nSPS) is 11.0. The minimum absolute atomic E-state index is 0.0125. The predicted molar refractivity (Wildman–Crippen MR) is 102 cm³/mol. The van der Waals surface area contributed by atoms with Crippen molar-refractivity contribution in [3.8, 4) is 0 Å². The molecule has 2 aromatic rings. The molecule has 27 heavy (non-hydrogen) atoms. The van der Waals surface area contributed by atoms with Gasteiger partial charge in [-0.15, -0.1) is 0 Å². The van der Waals surface area contributed by atoms with E-state index in [-0.39, 0.29) is 32.4 Å². The van der Waals surface area contributed by atoms with Gasteiger partial charge in [0.05, 0.1) is 36.8 Å². The summed E-state index contributed by atoms with van der Waals surface area (Å²) in [5, 5.41) is 0.401. The SMILES string of the molecule is COC(=O)c1cc(NS(=O)(=O)Cc2c(Cl)cccc2Cl)cc(C(=O)OC)c1. The Hall–Kier alpha value is -2.29. The van der Waals surface area contributed by atoms with Crippen LogP contribution in [0.1, 0.15) is 26.3 Å². The van der Waals surface area contributed by atoms with Crippen molar-refractivity contribution >= 4 is 50.9 Å². The molecule has 0 radical (unpaired) electrons. The number of hydrogen-bond acceptors (Lipinski definition) is 6. The van der Waals surface area contributed by atoms with Crippen molar-refractivity contribution in [1.29, 1.82) is 0 Å². The van der Waals surface area contributed by atoms with Gasteiger partial charge < -0.3 is 9.47 Å². The Bertz CT molecular complexity index is 936. The summed E-state index contributed by atoms with van der Waals surface area (Å²) in [4.78, 5) is 23.6. The van der Waals surface area contributed by atoms with Gasteiger partial charge in [0, 0.05) is 15.6 Å². The van der Waals surface area contributed by atoms with Crippen molar-refractivity contribution in [1.82, 2.24) is 0 Å². The van der Waals surface area contributed by atoms with Crippen LogP contribution in [0.3, 0.4) is 0 Å². The number of carbonyl (C=O) groups excluding carboxylic acids is 2. The van der Waals surface area contributed by atoms with E-state index in [1.54, 1.807) is 6.07 Å². The molecule has 0 aliphatic heterocycles. The summed E-state index contributed by atoms with van der Waals surface area (Å²) in [6, 6.07) is 8.35. The monoisotopic (exact) mass is 431 g/mol. The summed E-state index contributed by atoms with van der Waals surface area (Å²) in [7, 11) is -1.63. The highest BCUT2D eigenvalue weighted by atomic mass is 35.5. The molecule has 0 spiro atoms. The summed E-state index contributed by atoms with van der Waals surface area (Å²) in [5.74, 6) is -1.98. The maximum atomic E-state index is 12.5. The van der Waals surface area contributed by atoms with Gasteiger partial charge in [0.1, 0.15) is 0 Å². The first-order valence-electron chi connectivity index (χ1n) is 7.42. The number of esters is 2. The lowest BCUT2D eigenvalue weighted by Crippen LogP contribution is -2.17. The highest BCUT2D eigenvalue weighted by Gasteiger charge is 2.19. The molecule has 0 aliphatic carbocycles. The van der Waals surface area contributed by atoms with Gasteiger partial charge in [-0.2, -0.15) is 0 Å². The zero-order chi connectivity index (χ0) is 20.2. The van der Waals surface area contributed by atoms with Gasteiger partial charge in [0.25, 0.3) is 0 Å². The molecular formula is C17H15Cl2NO6S. The second kappa shape index (κ2) is 8.60. The molecule has 0 bridgehead atoms. The third-order valence-electron chi connectivity index (χ3n) is 3.44. The van der Waals surface area contributed by atoms with Gasteiger partial charge in [-0.1, -0.05) is 29.3 Å². The third-order valence-corrected chi connectivity index (χ3v) is 5.37. The first-order valence-corrected chi connectivity index (χ1v) is 9.82. The van der Waals surface area contributed by atoms with Gasteiger partial charge in [-0.25, -0.2) is 18.0 Å². The van der Waals surface area contributed by atoms with Crippen LogP contribution >= 0.6 is 23.2 Å². The van der Waals surface area contributed by atoms with E-state index in [0.717, 1.165) is 14.2 Å². The van der Waals surface area contributed by atoms with Crippen LogP contribution in [0, 0.1) is 0 Å². The highest BCUT2D eigenvalue weighted by molar-refractivity contribution is 7.91. The Morgan fingerprint density at radius 1 is 0.963 bits per heavy atom. The van der Waals surface area contributed by atoms with Crippen molar-refractivity contribution in [3.63, 3.8) is 0 Å². The van der Waals surface area contributed by atoms with Crippen molar-refractivity contribution in [2.24, 2.45) is 0 Å². The summed E-state index contributed by atoms with van der Waals surface area (Å²) >= 11 is 12.0. The lowest BCUT2D eigenvalue weighted by atomic mass is 10.1. The number of sulfonamides is 1. The van der Waals surface area contributed by atoms with Crippen LogP contribution in [-0.2, 0) is 25.2 Å². The maximum absolute atomic E-state index is 12.5. The fourth-order valence-corrected chi connectivity index (χ4v) is 4.16. The van der Waals surface area contributed by atoms with Gasteiger partial charge >= 0.3 is 11.9 Å². The van der Waals surface area contributed by atoms with Crippen molar-refractivity contribution in [2.45, 2.75) is 5.75 Å². The lowest BCUT2D eigenvalue weighted by Gasteiger charge is -2.12. The smallest absolute Gasteiger partial charge is 0.337 e. The Balaban J connectivity index is 2.39. The molecule has 0 amide bonds. The third kappa shape index (κ3) is 5.35. The summed E-state index contributed by atoms with van der Waals surface area (Å²) in [6.07, 6.45) is 0. The number of carbonyl (C=O) groups is 2. The molecule has 0 saturated carbocycles. The number of hydrogen-bond donors (Lipinski definition) is 1. The summed E-state index contributed by atoms with van der Waals surface area (Å²) < 4.78 is 36.6. The van der Waals surface area contributed by atoms with Crippen LogP contribution in [0.5, 0.6) is 0 Å². The number of rotatable bonds is 6. The fourth-order valence-electron chi connectivity index (χ4n) is 2.23. The van der Waals surface area contributed by atoms with Crippen LogP contribution in [0.4, 0.5) is 5.69 Å². The maximum Gasteiger partial charge on any atom is 0.337 e. The van der Waals surface area contributed by atoms with Gasteiger partial charge in [-0.3, -0.25) is 4.72 Å². The average molecular weight is 432 g/mol. The van der Waals surface area contributed by atoms with Crippen LogP contribution in [0.25, 0.3) is 0 Å². The molecule has 0 atom stereocenters. The van der Waals surface area contributed by atoms with Gasteiger partial charge in [0.2, 0.25) is 10.0 Å². The Labute approximate surface area is 166 Å². The van der Waals surface area contributed by atoms with E-state index < -0.39 is 27.7 Å². The van der Waals surface area contributed by atoms with E-state index in [9.17, 15) is 18.0 Å². The van der Waals surface area contributed by atoms with E-state index in [1.165, 1.54) is 30.3 Å². The molecule has 0 heterocycles. The van der Waals surface area contributed by atoms with Gasteiger partial charge in [0.15, 0.2) is 0 Å². The van der Waals surface area contributed by atoms with Gasteiger partial charge in [-0.05, 0) is 30.3 Å². The Kier molecular flexibility index (Phi) is 6.69.